The van der Waals surface area contributed by atoms with Gasteiger partial charge >= 0.3 is 0 Å². The third-order valence-electron chi connectivity index (χ3n) is 2.26. The summed E-state index contributed by atoms with van der Waals surface area (Å²) in [4.78, 5) is 8.80. The fraction of sp³-hybridized carbons (Fsp3) is 0.636. The highest BCUT2D eigenvalue weighted by Crippen LogP contribution is 2.21. The summed E-state index contributed by atoms with van der Waals surface area (Å²) >= 11 is 0. The molecule has 0 amide bonds. The maximum atomic E-state index is 5.36. The number of aryl methyl sites for hydroxylation is 1. The molecule has 0 aromatic carbocycles. The van der Waals surface area contributed by atoms with Crippen LogP contribution in [0.25, 0.3) is 0 Å². The summed E-state index contributed by atoms with van der Waals surface area (Å²) in [5.74, 6) is 1.56. The lowest BCUT2D eigenvalue weighted by Gasteiger charge is -2.22. The van der Waals surface area contributed by atoms with E-state index in [-0.39, 0.29) is 0 Å². The summed E-state index contributed by atoms with van der Waals surface area (Å²) in [5, 5.41) is 3.18. The molecule has 4 heteroatoms. The van der Waals surface area contributed by atoms with Crippen molar-refractivity contribution in [3.63, 3.8) is 0 Å². The Morgan fingerprint density at radius 3 is 2.60 bits per heavy atom. The molecule has 0 fully saturated rings. The maximum absolute atomic E-state index is 5.36. The minimum absolute atomic E-state index is 0.448. The van der Waals surface area contributed by atoms with E-state index in [1.165, 1.54) is 0 Å². The van der Waals surface area contributed by atoms with Crippen molar-refractivity contribution < 1.29 is 4.74 Å². The van der Waals surface area contributed by atoms with Gasteiger partial charge in [0.2, 0.25) is 0 Å². The van der Waals surface area contributed by atoms with Gasteiger partial charge in [-0.25, -0.2) is 9.97 Å². The molecule has 1 heterocycles. The lowest BCUT2D eigenvalue weighted by atomic mass is 10.1. The smallest absolute Gasteiger partial charge is 0.162 e. The molecule has 0 aliphatic rings. The second kappa shape index (κ2) is 4.57. The van der Waals surface area contributed by atoms with Crippen molar-refractivity contribution in [1.82, 2.24) is 9.97 Å². The largest absolute Gasteiger partial charge is 0.371 e. The summed E-state index contributed by atoms with van der Waals surface area (Å²) in [6.07, 6.45) is 0. The molecule has 1 rings (SSSR count). The third kappa shape index (κ3) is 2.89. The number of anilines is 1. The molecule has 0 saturated heterocycles. The normalized spacial score (nSPS) is 11.5. The topological polar surface area (TPSA) is 47.0 Å². The SMILES string of the molecule is CCNc1cc(C)nc(C(C)(C)OC)n1. The molecule has 0 spiro atoms. The van der Waals surface area contributed by atoms with E-state index >= 15 is 0 Å². The third-order valence-corrected chi connectivity index (χ3v) is 2.26. The van der Waals surface area contributed by atoms with Crippen LogP contribution in [-0.2, 0) is 10.3 Å². The highest BCUT2D eigenvalue weighted by Gasteiger charge is 2.23. The first-order valence-electron chi connectivity index (χ1n) is 5.14. The van der Waals surface area contributed by atoms with Gasteiger partial charge in [0.1, 0.15) is 11.4 Å². The molecule has 1 aromatic heterocycles. The number of methoxy groups -OCH3 is 1. The van der Waals surface area contributed by atoms with Crippen LogP contribution >= 0.6 is 0 Å². The van der Waals surface area contributed by atoms with E-state index in [4.69, 9.17) is 4.74 Å². The van der Waals surface area contributed by atoms with Gasteiger partial charge in [-0.15, -0.1) is 0 Å². The first kappa shape index (κ1) is 11.9. The molecule has 15 heavy (non-hydrogen) atoms. The molecular formula is C11H19N3O. The van der Waals surface area contributed by atoms with Crippen LogP contribution in [0.15, 0.2) is 6.07 Å². The van der Waals surface area contributed by atoms with Crippen molar-refractivity contribution in [1.29, 1.82) is 0 Å². The highest BCUT2D eigenvalue weighted by atomic mass is 16.5. The van der Waals surface area contributed by atoms with E-state index in [1.807, 2.05) is 33.8 Å². The zero-order valence-electron chi connectivity index (χ0n) is 10.1. The second-order valence-electron chi connectivity index (χ2n) is 3.96. The number of ether oxygens (including phenoxy) is 1. The van der Waals surface area contributed by atoms with Crippen LogP contribution in [0.4, 0.5) is 5.82 Å². The van der Waals surface area contributed by atoms with Gasteiger partial charge in [-0.05, 0) is 27.7 Å². The molecule has 4 nitrogen and oxygen atoms in total. The lowest BCUT2D eigenvalue weighted by molar-refractivity contribution is 0.0114. The minimum atomic E-state index is -0.448. The molecule has 0 aliphatic carbocycles. The Morgan fingerprint density at radius 2 is 2.07 bits per heavy atom. The van der Waals surface area contributed by atoms with Crippen LogP contribution < -0.4 is 5.32 Å². The molecule has 0 aliphatic heterocycles. The van der Waals surface area contributed by atoms with Gasteiger partial charge in [0.05, 0.1) is 0 Å². The standard InChI is InChI=1S/C11H19N3O/c1-6-12-9-7-8(2)13-10(14-9)11(3,4)15-5/h7H,6H2,1-5H3,(H,12,13,14). The van der Waals surface area contributed by atoms with Crippen molar-refractivity contribution in [3.8, 4) is 0 Å². The van der Waals surface area contributed by atoms with Gasteiger partial charge in [-0.3, -0.25) is 0 Å². The van der Waals surface area contributed by atoms with Gasteiger partial charge in [-0.1, -0.05) is 0 Å². The average Bonchev–Trinajstić information content (AvgIpc) is 2.17. The fourth-order valence-corrected chi connectivity index (χ4v) is 1.20. The Labute approximate surface area is 91.1 Å². The number of hydrogen-bond acceptors (Lipinski definition) is 4. The van der Waals surface area contributed by atoms with Crippen molar-refractivity contribution in [2.45, 2.75) is 33.3 Å². The molecule has 0 bridgehead atoms. The predicted octanol–water partition coefficient (Wildman–Crippen LogP) is 2.10. The fourth-order valence-electron chi connectivity index (χ4n) is 1.20. The van der Waals surface area contributed by atoms with E-state index in [0.29, 0.717) is 5.82 Å². The van der Waals surface area contributed by atoms with Gasteiger partial charge in [0, 0.05) is 25.4 Å². The lowest BCUT2D eigenvalue weighted by Crippen LogP contribution is -2.24. The Kier molecular flexibility index (Phi) is 3.63. The number of hydrogen-bond donors (Lipinski definition) is 1. The average molecular weight is 209 g/mol. The van der Waals surface area contributed by atoms with Gasteiger partial charge in [-0.2, -0.15) is 0 Å². The van der Waals surface area contributed by atoms with Crippen LogP contribution in [0.1, 0.15) is 32.3 Å². The van der Waals surface area contributed by atoms with E-state index in [0.717, 1.165) is 18.1 Å². The summed E-state index contributed by atoms with van der Waals surface area (Å²) < 4.78 is 5.36. The minimum Gasteiger partial charge on any atom is -0.371 e. The van der Waals surface area contributed by atoms with E-state index in [9.17, 15) is 0 Å². The number of rotatable bonds is 4. The Balaban J connectivity index is 3.08. The number of nitrogens with zero attached hydrogens (tertiary/aromatic N) is 2. The summed E-state index contributed by atoms with van der Waals surface area (Å²) in [5.41, 5.74) is 0.497. The van der Waals surface area contributed by atoms with Gasteiger partial charge < -0.3 is 10.1 Å². The summed E-state index contributed by atoms with van der Waals surface area (Å²) in [6.45, 7) is 8.76. The first-order chi connectivity index (χ1) is 6.99. The van der Waals surface area contributed by atoms with Crippen molar-refractivity contribution in [2.75, 3.05) is 19.0 Å². The van der Waals surface area contributed by atoms with Gasteiger partial charge in [0.15, 0.2) is 5.82 Å². The predicted molar refractivity (Wildman–Crippen MR) is 61.0 cm³/mol. The molecule has 84 valence electrons. The van der Waals surface area contributed by atoms with E-state index < -0.39 is 5.60 Å². The molecule has 0 radical (unpaired) electrons. The van der Waals surface area contributed by atoms with Gasteiger partial charge in [0.25, 0.3) is 0 Å². The zero-order valence-corrected chi connectivity index (χ0v) is 10.1. The first-order valence-corrected chi connectivity index (χ1v) is 5.14. The molecule has 1 aromatic rings. The van der Waals surface area contributed by atoms with Crippen LogP contribution in [0.2, 0.25) is 0 Å². The van der Waals surface area contributed by atoms with Crippen molar-refractivity contribution in [2.24, 2.45) is 0 Å². The van der Waals surface area contributed by atoms with Crippen LogP contribution in [0.3, 0.4) is 0 Å². The monoisotopic (exact) mass is 209 g/mol. The molecular weight excluding hydrogens is 190 g/mol. The second-order valence-corrected chi connectivity index (χ2v) is 3.96. The Morgan fingerprint density at radius 1 is 1.40 bits per heavy atom. The molecule has 0 saturated carbocycles. The zero-order chi connectivity index (χ0) is 11.5. The summed E-state index contributed by atoms with van der Waals surface area (Å²) in [6, 6.07) is 1.93. The molecule has 0 atom stereocenters. The molecule has 1 N–H and O–H groups in total. The number of aromatic nitrogens is 2. The van der Waals surface area contributed by atoms with Crippen LogP contribution in [-0.4, -0.2) is 23.6 Å². The Bertz CT molecular complexity index is 337. The highest BCUT2D eigenvalue weighted by molar-refractivity contribution is 5.36. The molecule has 0 unspecified atom stereocenters. The van der Waals surface area contributed by atoms with Crippen LogP contribution in [0.5, 0.6) is 0 Å². The number of nitrogens with one attached hydrogen (secondary N) is 1. The van der Waals surface area contributed by atoms with Crippen LogP contribution in [0, 0.1) is 6.92 Å². The van der Waals surface area contributed by atoms with E-state index in [2.05, 4.69) is 15.3 Å². The van der Waals surface area contributed by atoms with Crippen molar-refractivity contribution >= 4 is 5.82 Å². The summed E-state index contributed by atoms with van der Waals surface area (Å²) in [7, 11) is 1.67. The van der Waals surface area contributed by atoms with E-state index in [1.54, 1.807) is 7.11 Å². The maximum Gasteiger partial charge on any atom is 0.162 e. The Hall–Kier alpha value is -1.16. The quantitative estimate of drug-likeness (QED) is 0.825. The van der Waals surface area contributed by atoms with Crippen molar-refractivity contribution in [3.05, 3.63) is 17.6 Å².